The van der Waals surface area contributed by atoms with Gasteiger partial charge in [0.05, 0.1) is 6.20 Å². The summed E-state index contributed by atoms with van der Waals surface area (Å²) in [5, 5.41) is 3.22. The van der Waals surface area contributed by atoms with Crippen molar-refractivity contribution in [2.75, 3.05) is 22.2 Å². The van der Waals surface area contributed by atoms with Gasteiger partial charge >= 0.3 is 0 Å². The molecule has 6 nitrogen and oxygen atoms in total. The summed E-state index contributed by atoms with van der Waals surface area (Å²) < 4.78 is 0. The Morgan fingerprint density at radius 3 is 2.78 bits per heavy atom. The van der Waals surface area contributed by atoms with Gasteiger partial charge in [-0.05, 0) is 38.3 Å². The maximum absolute atomic E-state index is 12.9. The van der Waals surface area contributed by atoms with Crippen LogP contribution >= 0.6 is 0 Å². The van der Waals surface area contributed by atoms with E-state index in [0.29, 0.717) is 12.0 Å². The van der Waals surface area contributed by atoms with E-state index in [-0.39, 0.29) is 11.9 Å². The molecule has 27 heavy (non-hydrogen) atoms. The number of anilines is 3. The number of nitrogens with zero attached hydrogens (tertiary/aromatic N) is 4. The molecule has 1 aliphatic heterocycles. The van der Waals surface area contributed by atoms with Crippen LogP contribution in [0.5, 0.6) is 0 Å². The number of carbonyl (C=O) groups is 1. The lowest BCUT2D eigenvalue weighted by atomic mass is 10.0. The lowest BCUT2D eigenvalue weighted by Crippen LogP contribution is -2.55. The smallest absolute Gasteiger partial charge is 0.249 e. The third-order valence-corrected chi connectivity index (χ3v) is 5.36. The fraction of sp³-hybridized carbons (Fsp3) is 0.476. The van der Waals surface area contributed by atoms with Crippen molar-refractivity contribution in [1.29, 1.82) is 0 Å². The number of hydrogen-bond donors (Lipinski definition) is 1. The van der Waals surface area contributed by atoms with E-state index in [1.807, 2.05) is 32.2 Å². The molecule has 1 amide bonds. The van der Waals surface area contributed by atoms with Crippen LogP contribution in [-0.4, -0.2) is 35.0 Å². The number of fused-ring (bicyclic) bond motifs is 1. The highest BCUT2D eigenvalue weighted by Crippen LogP contribution is 2.39. The first-order chi connectivity index (χ1) is 13.1. The summed E-state index contributed by atoms with van der Waals surface area (Å²) in [5.41, 5.74) is 1.60. The van der Waals surface area contributed by atoms with Crippen molar-refractivity contribution < 1.29 is 4.79 Å². The summed E-state index contributed by atoms with van der Waals surface area (Å²) in [6.45, 7) is 7.87. The highest BCUT2D eigenvalue weighted by Gasteiger charge is 2.41. The summed E-state index contributed by atoms with van der Waals surface area (Å²) >= 11 is 0. The number of aromatic nitrogens is 2. The predicted molar refractivity (Wildman–Crippen MR) is 111 cm³/mol. The van der Waals surface area contributed by atoms with Gasteiger partial charge in [0.15, 0.2) is 5.82 Å². The van der Waals surface area contributed by atoms with Gasteiger partial charge in [0.1, 0.15) is 11.7 Å². The van der Waals surface area contributed by atoms with Crippen LogP contribution in [0.25, 0.3) is 0 Å². The SMILES string of the molecule is C=C/C(=C\C=C/C)Nc1ncc2c(n1)N(C1CCCC1)C(CC)C(=O)N2C. The van der Waals surface area contributed by atoms with Gasteiger partial charge in [-0.25, -0.2) is 4.98 Å². The Kier molecular flexibility index (Phi) is 5.94. The first kappa shape index (κ1) is 19.1. The number of nitrogens with one attached hydrogen (secondary N) is 1. The Morgan fingerprint density at radius 2 is 2.15 bits per heavy atom. The van der Waals surface area contributed by atoms with Crippen LogP contribution in [0.4, 0.5) is 17.5 Å². The minimum atomic E-state index is -0.161. The molecule has 1 atom stereocenters. The molecule has 3 rings (SSSR count). The van der Waals surface area contributed by atoms with Crippen LogP contribution in [0.15, 0.2) is 42.8 Å². The lowest BCUT2D eigenvalue weighted by molar-refractivity contribution is -0.120. The van der Waals surface area contributed by atoms with E-state index in [1.165, 1.54) is 12.8 Å². The minimum Gasteiger partial charge on any atom is -0.340 e. The lowest BCUT2D eigenvalue weighted by Gasteiger charge is -2.43. The molecule has 2 heterocycles. The summed E-state index contributed by atoms with van der Waals surface area (Å²) in [6.07, 6.45) is 14.7. The average molecular weight is 367 g/mol. The molecule has 0 spiro atoms. The Balaban J connectivity index is 2.01. The third kappa shape index (κ3) is 3.75. The second-order valence-electron chi connectivity index (χ2n) is 7.05. The molecular weight excluding hydrogens is 338 g/mol. The van der Waals surface area contributed by atoms with Gasteiger partial charge in [0.25, 0.3) is 0 Å². The largest absolute Gasteiger partial charge is 0.340 e. The van der Waals surface area contributed by atoms with E-state index < -0.39 is 0 Å². The summed E-state index contributed by atoms with van der Waals surface area (Å²) in [5.74, 6) is 1.49. The molecule has 6 heteroatoms. The maximum Gasteiger partial charge on any atom is 0.249 e. The number of amides is 1. The first-order valence-corrected chi connectivity index (χ1v) is 9.76. The molecule has 0 aromatic carbocycles. The van der Waals surface area contributed by atoms with Crippen molar-refractivity contribution >= 4 is 23.4 Å². The van der Waals surface area contributed by atoms with E-state index in [9.17, 15) is 4.79 Å². The van der Waals surface area contributed by atoms with E-state index in [2.05, 4.69) is 28.7 Å². The number of hydrogen-bond acceptors (Lipinski definition) is 5. The van der Waals surface area contributed by atoms with E-state index in [1.54, 1.807) is 17.2 Å². The van der Waals surface area contributed by atoms with Gasteiger partial charge in [-0.3, -0.25) is 4.79 Å². The van der Waals surface area contributed by atoms with Crippen molar-refractivity contribution in [3.8, 4) is 0 Å². The van der Waals surface area contributed by atoms with Gasteiger partial charge in [-0.2, -0.15) is 4.98 Å². The van der Waals surface area contributed by atoms with Crippen LogP contribution < -0.4 is 15.1 Å². The molecule has 1 saturated carbocycles. The van der Waals surface area contributed by atoms with Crippen molar-refractivity contribution in [2.24, 2.45) is 0 Å². The topological polar surface area (TPSA) is 61.4 Å². The van der Waals surface area contributed by atoms with Crippen LogP contribution in [0.2, 0.25) is 0 Å². The van der Waals surface area contributed by atoms with Crippen LogP contribution in [0, 0.1) is 0 Å². The fourth-order valence-electron chi connectivity index (χ4n) is 3.93. The number of likely N-dealkylation sites (N-methyl/N-ethyl adjacent to an activating group) is 1. The van der Waals surface area contributed by atoms with Crippen molar-refractivity contribution in [1.82, 2.24) is 9.97 Å². The van der Waals surface area contributed by atoms with Crippen molar-refractivity contribution in [3.05, 3.63) is 42.8 Å². The minimum absolute atomic E-state index is 0.126. The molecule has 1 aromatic rings. The predicted octanol–water partition coefficient (Wildman–Crippen LogP) is 4.04. The fourth-order valence-corrected chi connectivity index (χ4v) is 3.93. The molecule has 0 radical (unpaired) electrons. The zero-order valence-corrected chi connectivity index (χ0v) is 16.5. The number of allylic oxidation sites excluding steroid dienone is 4. The molecule has 1 unspecified atom stereocenters. The van der Waals surface area contributed by atoms with Crippen LogP contribution in [0.1, 0.15) is 46.0 Å². The molecule has 1 aliphatic carbocycles. The maximum atomic E-state index is 12.9. The zero-order valence-electron chi connectivity index (χ0n) is 16.5. The summed E-state index contributed by atoms with van der Waals surface area (Å²) in [4.78, 5) is 26.1. The highest BCUT2D eigenvalue weighted by atomic mass is 16.2. The normalized spacial score (nSPS) is 21.1. The van der Waals surface area contributed by atoms with Crippen molar-refractivity contribution in [2.45, 2.75) is 58.0 Å². The summed E-state index contributed by atoms with van der Waals surface area (Å²) in [6, 6.07) is 0.206. The molecule has 144 valence electrons. The Labute approximate surface area is 161 Å². The Morgan fingerprint density at radius 1 is 1.41 bits per heavy atom. The van der Waals surface area contributed by atoms with Gasteiger partial charge in [0, 0.05) is 18.8 Å². The average Bonchev–Trinajstić information content (AvgIpc) is 3.21. The van der Waals surface area contributed by atoms with E-state index in [4.69, 9.17) is 4.98 Å². The monoisotopic (exact) mass is 367 g/mol. The molecule has 0 bridgehead atoms. The van der Waals surface area contributed by atoms with Gasteiger partial charge in [-0.15, -0.1) is 0 Å². The van der Waals surface area contributed by atoms with Crippen LogP contribution in [-0.2, 0) is 4.79 Å². The second kappa shape index (κ2) is 8.37. The zero-order chi connectivity index (χ0) is 19.4. The second-order valence-corrected chi connectivity index (χ2v) is 7.05. The first-order valence-electron chi connectivity index (χ1n) is 9.76. The Bertz CT molecular complexity index is 764. The van der Waals surface area contributed by atoms with E-state index in [0.717, 1.165) is 36.5 Å². The molecule has 1 fully saturated rings. The van der Waals surface area contributed by atoms with Gasteiger partial charge < -0.3 is 15.1 Å². The van der Waals surface area contributed by atoms with Gasteiger partial charge in [0.2, 0.25) is 11.9 Å². The quantitative estimate of drug-likeness (QED) is 0.769. The molecule has 0 saturated heterocycles. The molecule has 1 aromatic heterocycles. The number of rotatable bonds is 6. The Hall–Kier alpha value is -2.63. The van der Waals surface area contributed by atoms with Gasteiger partial charge in [-0.1, -0.05) is 38.5 Å². The van der Waals surface area contributed by atoms with Crippen molar-refractivity contribution in [3.63, 3.8) is 0 Å². The summed E-state index contributed by atoms with van der Waals surface area (Å²) in [7, 11) is 1.81. The molecule has 2 aliphatic rings. The number of carbonyl (C=O) groups excluding carboxylic acids is 1. The highest BCUT2D eigenvalue weighted by molar-refractivity contribution is 6.04. The van der Waals surface area contributed by atoms with Crippen LogP contribution in [0.3, 0.4) is 0 Å². The molecular formula is C21H29N5O. The third-order valence-electron chi connectivity index (χ3n) is 5.36. The standard InChI is InChI=1S/C21H29N5O/c1-5-8-11-15(6-2)23-21-22-14-18-19(24-21)26(16-12-9-10-13-16)17(7-3)20(27)25(18)4/h5-6,8,11,14,16-17H,2,7,9-10,12-13H2,1,3-4H3,(H,22,23,24)/b8-5-,15-11+. The molecule has 1 N–H and O–H groups in total. The van der Waals surface area contributed by atoms with E-state index >= 15 is 0 Å².